The van der Waals surface area contributed by atoms with Crippen LogP contribution in [-0.2, 0) is 19.7 Å². The minimum atomic E-state index is -0.791. The first-order chi connectivity index (χ1) is 18.6. The molecule has 2 aromatic carbocycles. The standard InChI is InChI=1S/C29H26N4O4S/c1-35-25-10-8-21(18-22(25)29(28(34)36-2)12-15-37-16-13-29)38-20-7-9-24-19(17-20)6-11-26-31-32-27(33(24)26)23-5-3-4-14-30-23/h3-11,14,17-18H,12-13,15-16H2,1-2H3. The number of ether oxygens (including phenoxy) is 3. The summed E-state index contributed by atoms with van der Waals surface area (Å²) in [5.41, 5.74) is 2.58. The van der Waals surface area contributed by atoms with Crippen LogP contribution < -0.4 is 4.74 Å². The van der Waals surface area contributed by atoms with Crippen molar-refractivity contribution < 1.29 is 19.0 Å². The third-order valence-electron chi connectivity index (χ3n) is 7.08. The number of rotatable bonds is 6. The highest BCUT2D eigenvalue weighted by atomic mass is 32.2. The minimum absolute atomic E-state index is 0.256. The summed E-state index contributed by atoms with van der Waals surface area (Å²) in [5, 5.41) is 9.79. The molecule has 0 saturated carbocycles. The topological polar surface area (TPSA) is 87.8 Å². The van der Waals surface area contributed by atoms with Gasteiger partial charge in [0.25, 0.3) is 0 Å². The molecule has 1 aliphatic heterocycles. The van der Waals surface area contributed by atoms with Crippen LogP contribution in [0.15, 0.2) is 82.7 Å². The molecule has 4 heterocycles. The van der Waals surface area contributed by atoms with E-state index in [1.54, 1.807) is 25.1 Å². The molecule has 3 aromatic heterocycles. The highest BCUT2D eigenvalue weighted by Gasteiger charge is 2.45. The van der Waals surface area contributed by atoms with Crippen LogP contribution >= 0.6 is 11.8 Å². The Labute approximate surface area is 224 Å². The van der Waals surface area contributed by atoms with Gasteiger partial charge in [-0.1, -0.05) is 17.8 Å². The largest absolute Gasteiger partial charge is 0.496 e. The van der Waals surface area contributed by atoms with Crippen molar-refractivity contribution in [3.8, 4) is 17.3 Å². The lowest BCUT2D eigenvalue weighted by Gasteiger charge is -2.35. The Morgan fingerprint density at radius 1 is 0.974 bits per heavy atom. The molecule has 9 heteroatoms. The van der Waals surface area contributed by atoms with Crippen LogP contribution in [0.25, 0.3) is 28.1 Å². The Kier molecular flexibility index (Phi) is 6.47. The van der Waals surface area contributed by atoms with Crippen LogP contribution in [0.3, 0.4) is 0 Å². The van der Waals surface area contributed by atoms with Crippen molar-refractivity contribution in [3.05, 3.63) is 78.5 Å². The van der Waals surface area contributed by atoms with Gasteiger partial charge in [0.15, 0.2) is 11.5 Å². The first-order valence-electron chi connectivity index (χ1n) is 12.3. The third-order valence-corrected chi connectivity index (χ3v) is 8.06. The maximum Gasteiger partial charge on any atom is 0.316 e. The van der Waals surface area contributed by atoms with Crippen LogP contribution in [0.4, 0.5) is 0 Å². The molecule has 1 fully saturated rings. The van der Waals surface area contributed by atoms with Crippen LogP contribution in [0.5, 0.6) is 5.75 Å². The maximum absolute atomic E-state index is 13.0. The molecule has 8 nitrogen and oxygen atoms in total. The molecule has 0 bridgehead atoms. The summed E-state index contributed by atoms with van der Waals surface area (Å²) in [7, 11) is 3.07. The fraction of sp³-hybridized carbons (Fsp3) is 0.241. The van der Waals surface area contributed by atoms with Gasteiger partial charge in [0.1, 0.15) is 16.9 Å². The number of pyridine rings is 2. The Morgan fingerprint density at radius 2 is 1.79 bits per heavy atom. The highest BCUT2D eigenvalue weighted by molar-refractivity contribution is 7.99. The average Bonchev–Trinajstić information content (AvgIpc) is 3.42. The smallest absolute Gasteiger partial charge is 0.316 e. The molecule has 0 radical (unpaired) electrons. The fourth-order valence-electron chi connectivity index (χ4n) is 5.16. The van der Waals surface area contributed by atoms with E-state index in [0.29, 0.717) is 37.6 Å². The quantitative estimate of drug-likeness (QED) is 0.275. The lowest BCUT2D eigenvalue weighted by molar-refractivity contribution is -0.151. The molecule has 1 aliphatic rings. The maximum atomic E-state index is 13.0. The minimum Gasteiger partial charge on any atom is -0.496 e. The number of fused-ring (bicyclic) bond motifs is 3. The average molecular weight is 527 g/mol. The van der Waals surface area contributed by atoms with E-state index < -0.39 is 5.41 Å². The van der Waals surface area contributed by atoms with Crippen molar-refractivity contribution in [2.24, 2.45) is 0 Å². The molecule has 38 heavy (non-hydrogen) atoms. The van der Waals surface area contributed by atoms with Crippen molar-refractivity contribution in [2.75, 3.05) is 27.4 Å². The molecule has 6 rings (SSSR count). The molecule has 5 aromatic rings. The molecule has 0 atom stereocenters. The lowest BCUT2D eigenvalue weighted by Crippen LogP contribution is -2.42. The van der Waals surface area contributed by atoms with Gasteiger partial charge in [-0.2, -0.15) is 0 Å². The highest BCUT2D eigenvalue weighted by Crippen LogP contribution is 2.43. The zero-order chi connectivity index (χ0) is 26.1. The first kappa shape index (κ1) is 24.4. The van der Waals surface area contributed by atoms with Crippen LogP contribution in [0.1, 0.15) is 18.4 Å². The molecule has 192 valence electrons. The predicted octanol–water partition coefficient (Wildman–Crippen LogP) is 5.33. The summed E-state index contributed by atoms with van der Waals surface area (Å²) < 4.78 is 18.5. The Hall–Kier alpha value is -3.95. The normalized spacial score (nSPS) is 15.0. The molecule has 0 amide bonds. The van der Waals surface area contributed by atoms with E-state index in [1.165, 1.54) is 7.11 Å². The van der Waals surface area contributed by atoms with Crippen LogP contribution in [-0.4, -0.2) is 53.0 Å². The lowest BCUT2D eigenvalue weighted by atomic mass is 9.73. The van der Waals surface area contributed by atoms with Gasteiger partial charge in [0, 0.05) is 34.8 Å². The molecular formula is C29H26N4O4S. The Bertz CT molecular complexity index is 1630. The number of carbonyl (C=O) groups is 1. The zero-order valence-electron chi connectivity index (χ0n) is 21.1. The van der Waals surface area contributed by atoms with Crippen LogP contribution in [0.2, 0.25) is 0 Å². The van der Waals surface area contributed by atoms with Gasteiger partial charge >= 0.3 is 5.97 Å². The second kappa shape index (κ2) is 10.1. The van der Waals surface area contributed by atoms with Gasteiger partial charge in [-0.25, -0.2) is 0 Å². The van der Waals surface area contributed by atoms with Crippen molar-refractivity contribution in [2.45, 2.75) is 28.0 Å². The monoisotopic (exact) mass is 526 g/mol. The molecule has 0 aliphatic carbocycles. The zero-order valence-corrected chi connectivity index (χ0v) is 21.9. The number of hydrogen-bond acceptors (Lipinski definition) is 8. The van der Waals surface area contributed by atoms with Crippen molar-refractivity contribution in [3.63, 3.8) is 0 Å². The van der Waals surface area contributed by atoms with E-state index in [1.807, 2.05) is 40.8 Å². The fourth-order valence-corrected chi connectivity index (χ4v) is 6.07. The van der Waals surface area contributed by atoms with Gasteiger partial charge in [-0.05, 0) is 78.9 Å². The molecule has 0 unspecified atom stereocenters. The van der Waals surface area contributed by atoms with E-state index >= 15 is 0 Å². The summed E-state index contributed by atoms with van der Waals surface area (Å²) in [6, 6.07) is 22.1. The van der Waals surface area contributed by atoms with Crippen molar-refractivity contribution in [1.29, 1.82) is 0 Å². The molecule has 1 saturated heterocycles. The van der Waals surface area contributed by atoms with E-state index in [4.69, 9.17) is 14.2 Å². The molecule has 0 N–H and O–H groups in total. The Morgan fingerprint density at radius 3 is 2.55 bits per heavy atom. The predicted molar refractivity (Wildman–Crippen MR) is 145 cm³/mol. The summed E-state index contributed by atoms with van der Waals surface area (Å²) >= 11 is 1.63. The number of hydrogen-bond donors (Lipinski definition) is 0. The second-order valence-corrected chi connectivity index (χ2v) is 10.3. The summed E-state index contributed by atoms with van der Waals surface area (Å²) in [5.74, 6) is 1.13. The van der Waals surface area contributed by atoms with Gasteiger partial charge < -0.3 is 14.2 Å². The van der Waals surface area contributed by atoms with Gasteiger partial charge in [0.05, 0.1) is 19.7 Å². The third kappa shape index (κ3) is 4.17. The summed E-state index contributed by atoms with van der Waals surface area (Å²) in [6.45, 7) is 0.997. The van der Waals surface area contributed by atoms with Crippen LogP contribution in [0, 0.1) is 0 Å². The first-order valence-corrected chi connectivity index (χ1v) is 13.2. The number of aromatic nitrogens is 4. The molecule has 0 spiro atoms. The van der Waals surface area contributed by atoms with Gasteiger partial charge in [-0.15, -0.1) is 10.2 Å². The van der Waals surface area contributed by atoms with E-state index in [2.05, 4.69) is 45.5 Å². The number of esters is 1. The van der Waals surface area contributed by atoms with Gasteiger partial charge in [-0.3, -0.25) is 14.2 Å². The molecular weight excluding hydrogens is 500 g/mol. The number of carbonyl (C=O) groups excluding carboxylic acids is 1. The van der Waals surface area contributed by atoms with E-state index in [-0.39, 0.29) is 5.97 Å². The number of nitrogens with zero attached hydrogens (tertiary/aromatic N) is 4. The Balaban J connectivity index is 1.38. The summed E-state index contributed by atoms with van der Waals surface area (Å²) in [4.78, 5) is 19.6. The summed E-state index contributed by atoms with van der Waals surface area (Å²) in [6.07, 6.45) is 2.85. The van der Waals surface area contributed by atoms with Crippen molar-refractivity contribution in [1.82, 2.24) is 19.6 Å². The van der Waals surface area contributed by atoms with E-state index in [0.717, 1.165) is 37.6 Å². The van der Waals surface area contributed by atoms with E-state index in [9.17, 15) is 4.79 Å². The van der Waals surface area contributed by atoms with Crippen molar-refractivity contribution >= 4 is 34.3 Å². The second-order valence-electron chi connectivity index (χ2n) is 9.14. The number of methoxy groups -OCH3 is 2. The SMILES string of the molecule is COC(=O)C1(c2cc(Sc3ccc4c(ccc5nnc(-c6ccccn6)n54)c3)ccc2OC)CCOCC1. The van der Waals surface area contributed by atoms with Gasteiger partial charge in [0.2, 0.25) is 0 Å². The number of benzene rings is 2.